The number of hydrogen-bond acceptors (Lipinski definition) is 3. The molecule has 1 fully saturated rings. The monoisotopic (exact) mass is 277 g/mol. The van der Waals surface area contributed by atoms with Gasteiger partial charge in [0.25, 0.3) is 0 Å². The lowest BCUT2D eigenvalue weighted by Gasteiger charge is -2.22. The molecule has 0 radical (unpaired) electrons. The SMILES string of the molecule is N#Cc1c(-c2ccc(C3CCCCC3)cc2)ccnc1N. The number of benzene rings is 1. The average Bonchev–Trinajstić information content (AvgIpc) is 2.55. The molecule has 1 aromatic heterocycles. The third-order valence-electron chi connectivity index (χ3n) is 4.39. The first-order valence-electron chi connectivity index (χ1n) is 7.54. The van der Waals surface area contributed by atoms with Crippen LogP contribution in [0.5, 0.6) is 0 Å². The van der Waals surface area contributed by atoms with Crippen molar-refractivity contribution in [3.63, 3.8) is 0 Å². The molecule has 0 spiro atoms. The van der Waals surface area contributed by atoms with E-state index in [0.717, 1.165) is 11.1 Å². The van der Waals surface area contributed by atoms with Crippen molar-refractivity contribution in [2.45, 2.75) is 38.0 Å². The van der Waals surface area contributed by atoms with E-state index in [1.54, 1.807) is 6.20 Å². The van der Waals surface area contributed by atoms with Gasteiger partial charge < -0.3 is 5.73 Å². The minimum atomic E-state index is 0.298. The summed E-state index contributed by atoms with van der Waals surface area (Å²) in [5.74, 6) is 0.997. The zero-order valence-electron chi connectivity index (χ0n) is 12.0. The van der Waals surface area contributed by atoms with Crippen LogP contribution in [-0.4, -0.2) is 4.98 Å². The Kier molecular flexibility index (Phi) is 3.87. The van der Waals surface area contributed by atoms with Gasteiger partial charge in [-0.1, -0.05) is 43.5 Å². The quantitative estimate of drug-likeness (QED) is 0.892. The topological polar surface area (TPSA) is 62.7 Å². The highest BCUT2D eigenvalue weighted by Crippen LogP contribution is 2.34. The van der Waals surface area contributed by atoms with E-state index in [0.29, 0.717) is 17.3 Å². The normalized spacial score (nSPS) is 15.6. The standard InChI is InChI=1S/C18H19N3/c19-12-17-16(10-11-21-18(17)20)15-8-6-14(7-9-15)13-4-2-1-3-5-13/h6-11,13H,1-5H2,(H2,20,21). The maximum Gasteiger partial charge on any atom is 0.141 e. The Morgan fingerprint density at radius 2 is 1.76 bits per heavy atom. The first-order valence-corrected chi connectivity index (χ1v) is 7.54. The second-order valence-electron chi connectivity index (χ2n) is 5.69. The minimum absolute atomic E-state index is 0.298. The van der Waals surface area contributed by atoms with Crippen molar-refractivity contribution in [1.29, 1.82) is 5.26 Å². The average molecular weight is 277 g/mol. The third-order valence-corrected chi connectivity index (χ3v) is 4.39. The molecule has 0 amide bonds. The summed E-state index contributed by atoms with van der Waals surface area (Å²) in [6.07, 6.45) is 8.30. The number of anilines is 1. The number of rotatable bonds is 2. The van der Waals surface area contributed by atoms with Crippen molar-refractivity contribution in [1.82, 2.24) is 4.98 Å². The van der Waals surface area contributed by atoms with Crippen molar-refractivity contribution >= 4 is 5.82 Å². The minimum Gasteiger partial charge on any atom is -0.383 e. The van der Waals surface area contributed by atoms with Gasteiger partial charge in [0, 0.05) is 11.8 Å². The van der Waals surface area contributed by atoms with Gasteiger partial charge in [0.2, 0.25) is 0 Å². The molecule has 1 saturated carbocycles. The van der Waals surface area contributed by atoms with Crippen LogP contribution < -0.4 is 5.73 Å². The van der Waals surface area contributed by atoms with Crippen LogP contribution in [0.25, 0.3) is 11.1 Å². The summed E-state index contributed by atoms with van der Waals surface area (Å²) < 4.78 is 0. The maximum atomic E-state index is 9.25. The molecule has 21 heavy (non-hydrogen) atoms. The zero-order chi connectivity index (χ0) is 14.7. The lowest BCUT2D eigenvalue weighted by Crippen LogP contribution is -2.04. The molecule has 3 rings (SSSR count). The van der Waals surface area contributed by atoms with Crippen LogP contribution in [0.2, 0.25) is 0 Å². The highest BCUT2D eigenvalue weighted by molar-refractivity contribution is 5.75. The van der Waals surface area contributed by atoms with Crippen LogP contribution in [0, 0.1) is 11.3 Å². The summed E-state index contributed by atoms with van der Waals surface area (Å²) in [4.78, 5) is 3.98. The second-order valence-corrected chi connectivity index (χ2v) is 5.69. The van der Waals surface area contributed by atoms with Gasteiger partial charge in [0.1, 0.15) is 17.5 Å². The molecule has 1 aliphatic rings. The largest absolute Gasteiger partial charge is 0.383 e. The number of nitrogens with zero attached hydrogens (tertiary/aromatic N) is 2. The van der Waals surface area contributed by atoms with Crippen LogP contribution >= 0.6 is 0 Å². The van der Waals surface area contributed by atoms with Crippen LogP contribution in [-0.2, 0) is 0 Å². The Morgan fingerprint density at radius 3 is 2.43 bits per heavy atom. The molecule has 0 aliphatic heterocycles. The Balaban J connectivity index is 1.91. The van der Waals surface area contributed by atoms with E-state index < -0.39 is 0 Å². The molecular formula is C18H19N3. The second kappa shape index (κ2) is 5.97. The summed E-state index contributed by atoms with van der Waals surface area (Å²) in [5, 5.41) is 9.25. The van der Waals surface area contributed by atoms with Crippen LogP contribution in [0.4, 0.5) is 5.82 Å². The lowest BCUT2D eigenvalue weighted by molar-refractivity contribution is 0.443. The van der Waals surface area contributed by atoms with Gasteiger partial charge >= 0.3 is 0 Å². The van der Waals surface area contributed by atoms with Crippen molar-refractivity contribution in [3.05, 3.63) is 47.7 Å². The molecule has 0 atom stereocenters. The fourth-order valence-electron chi connectivity index (χ4n) is 3.21. The Bertz CT molecular complexity index is 662. The van der Waals surface area contributed by atoms with E-state index in [-0.39, 0.29) is 0 Å². The van der Waals surface area contributed by atoms with Gasteiger partial charge in [0.15, 0.2) is 0 Å². The van der Waals surface area contributed by atoms with Crippen LogP contribution in [0.15, 0.2) is 36.5 Å². The Morgan fingerprint density at radius 1 is 1.05 bits per heavy atom. The first-order chi connectivity index (χ1) is 10.3. The molecule has 2 aromatic rings. The van der Waals surface area contributed by atoms with Crippen molar-refractivity contribution in [2.24, 2.45) is 0 Å². The summed E-state index contributed by atoms with van der Waals surface area (Å²) in [6, 6.07) is 12.6. The Labute approximate surface area is 125 Å². The van der Waals surface area contributed by atoms with Crippen molar-refractivity contribution in [2.75, 3.05) is 5.73 Å². The van der Waals surface area contributed by atoms with Gasteiger partial charge in [-0.3, -0.25) is 0 Å². The number of aromatic nitrogens is 1. The van der Waals surface area contributed by atoms with Gasteiger partial charge in [-0.25, -0.2) is 4.98 Å². The molecule has 0 bridgehead atoms. The Hall–Kier alpha value is -2.34. The summed E-state index contributed by atoms with van der Waals surface area (Å²) in [7, 11) is 0. The molecule has 3 heteroatoms. The number of nitrogen functional groups attached to an aromatic ring is 1. The van der Waals surface area contributed by atoms with E-state index >= 15 is 0 Å². The molecule has 0 saturated heterocycles. The number of hydrogen-bond donors (Lipinski definition) is 1. The zero-order valence-corrected chi connectivity index (χ0v) is 12.0. The van der Waals surface area contributed by atoms with E-state index in [1.165, 1.54) is 37.7 Å². The first kappa shape index (κ1) is 13.6. The molecule has 3 nitrogen and oxygen atoms in total. The predicted octanol–water partition coefficient (Wildman–Crippen LogP) is 4.25. The van der Waals surface area contributed by atoms with Crippen LogP contribution in [0.1, 0.15) is 49.1 Å². The van der Waals surface area contributed by atoms with Gasteiger partial charge in [-0.2, -0.15) is 5.26 Å². The molecule has 1 aromatic carbocycles. The van der Waals surface area contributed by atoms with Gasteiger partial charge in [0.05, 0.1) is 0 Å². The van der Waals surface area contributed by atoms with Crippen LogP contribution in [0.3, 0.4) is 0 Å². The number of nitriles is 1. The fraction of sp³-hybridized carbons (Fsp3) is 0.333. The predicted molar refractivity (Wildman–Crippen MR) is 84.6 cm³/mol. The van der Waals surface area contributed by atoms with E-state index in [2.05, 4.69) is 35.3 Å². The van der Waals surface area contributed by atoms with Gasteiger partial charge in [-0.15, -0.1) is 0 Å². The summed E-state index contributed by atoms with van der Waals surface area (Å²) in [6.45, 7) is 0. The molecule has 1 aliphatic carbocycles. The highest BCUT2D eigenvalue weighted by Gasteiger charge is 2.16. The molecule has 106 valence electrons. The van der Waals surface area contributed by atoms with E-state index in [9.17, 15) is 5.26 Å². The van der Waals surface area contributed by atoms with E-state index in [4.69, 9.17) is 5.73 Å². The van der Waals surface area contributed by atoms with Crippen molar-refractivity contribution in [3.8, 4) is 17.2 Å². The highest BCUT2D eigenvalue weighted by atomic mass is 14.8. The molecule has 2 N–H and O–H groups in total. The number of pyridine rings is 1. The molecule has 0 unspecified atom stereocenters. The fourth-order valence-corrected chi connectivity index (χ4v) is 3.21. The summed E-state index contributed by atoms with van der Waals surface area (Å²) in [5.41, 5.74) is 9.55. The summed E-state index contributed by atoms with van der Waals surface area (Å²) >= 11 is 0. The van der Waals surface area contributed by atoms with E-state index in [1.807, 2.05) is 6.07 Å². The van der Waals surface area contributed by atoms with Gasteiger partial charge in [-0.05, 0) is 36.0 Å². The third kappa shape index (κ3) is 2.75. The smallest absolute Gasteiger partial charge is 0.141 e. The molecule has 1 heterocycles. The van der Waals surface area contributed by atoms with Crippen molar-refractivity contribution < 1.29 is 0 Å². The number of nitrogens with two attached hydrogens (primary N) is 1. The lowest BCUT2D eigenvalue weighted by atomic mass is 9.83. The molecular weight excluding hydrogens is 258 g/mol. The maximum absolute atomic E-state index is 9.25.